The summed E-state index contributed by atoms with van der Waals surface area (Å²) in [6.45, 7) is 1.61. The molecule has 8 nitrogen and oxygen atoms in total. The van der Waals surface area contributed by atoms with E-state index in [-0.39, 0.29) is 41.7 Å². The Morgan fingerprint density at radius 1 is 1.14 bits per heavy atom. The number of aromatic nitrogens is 3. The summed E-state index contributed by atoms with van der Waals surface area (Å²) in [4.78, 5) is 13.5. The van der Waals surface area contributed by atoms with Crippen LogP contribution in [-0.4, -0.2) is 46.8 Å². The molecule has 1 N–H and O–H groups in total. The lowest BCUT2D eigenvalue weighted by Gasteiger charge is -2.17. The van der Waals surface area contributed by atoms with Crippen LogP contribution in [0.2, 0.25) is 0 Å². The predicted octanol–water partition coefficient (Wildman–Crippen LogP) is 3.00. The number of carbonyl (C=O) groups is 1. The summed E-state index contributed by atoms with van der Waals surface area (Å²) in [6.07, 6.45) is 1.80. The molecule has 0 bridgehead atoms. The quantitative estimate of drug-likeness (QED) is 0.603. The summed E-state index contributed by atoms with van der Waals surface area (Å²) in [5, 5.41) is 20.4. The third kappa shape index (κ3) is 3.28. The molecule has 1 amide bonds. The van der Waals surface area contributed by atoms with Gasteiger partial charge in [0.2, 0.25) is 0 Å². The van der Waals surface area contributed by atoms with Gasteiger partial charge in [-0.1, -0.05) is 17.3 Å². The monoisotopic (exact) mass is 480 g/mol. The van der Waals surface area contributed by atoms with Crippen LogP contribution in [0.5, 0.6) is 0 Å². The highest BCUT2D eigenvalue weighted by molar-refractivity contribution is 5.90. The maximum absolute atomic E-state index is 15.1. The van der Waals surface area contributed by atoms with E-state index in [0.29, 0.717) is 13.1 Å². The van der Waals surface area contributed by atoms with E-state index in [0.717, 1.165) is 23.1 Å². The van der Waals surface area contributed by atoms with Gasteiger partial charge in [0.05, 0.1) is 42.0 Å². The molecule has 3 aromatic rings. The maximum atomic E-state index is 15.1. The van der Waals surface area contributed by atoms with E-state index < -0.39 is 40.6 Å². The smallest absolute Gasteiger partial charge is 0.414 e. The first-order valence-electron chi connectivity index (χ1n) is 11.2. The molecule has 2 saturated heterocycles. The van der Waals surface area contributed by atoms with Gasteiger partial charge in [0.1, 0.15) is 23.6 Å². The molecular weight excluding hydrogens is 461 g/mol. The minimum atomic E-state index is -0.942. The van der Waals surface area contributed by atoms with Gasteiger partial charge in [-0.25, -0.2) is 22.6 Å². The minimum Gasteiger partial charge on any atom is -0.442 e. The molecule has 3 aliphatic rings. The summed E-state index contributed by atoms with van der Waals surface area (Å²) in [7, 11) is 0. The predicted molar refractivity (Wildman–Crippen MR) is 117 cm³/mol. The van der Waals surface area contributed by atoms with Gasteiger partial charge in [0.15, 0.2) is 0 Å². The highest BCUT2D eigenvalue weighted by atomic mass is 19.1. The molecule has 178 valence electrons. The number of amides is 1. The molecule has 0 spiro atoms. The van der Waals surface area contributed by atoms with Crippen molar-refractivity contribution in [2.45, 2.75) is 18.1 Å². The van der Waals surface area contributed by atoms with Gasteiger partial charge in [0.25, 0.3) is 0 Å². The topological polar surface area (TPSA) is 96.1 Å². The molecule has 0 radical (unpaired) electrons. The second kappa shape index (κ2) is 7.81. The van der Waals surface area contributed by atoms with Gasteiger partial charge in [-0.05, 0) is 23.8 Å². The first-order chi connectivity index (χ1) is 16.9. The number of nitrogens with one attached hydrogen (secondary N) is 1. The molecular formula is C24H19F3N6O2. The van der Waals surface area contributed by atoms with Crippen molar-refractivity contribution in [2.24, 2.45) is 11.8 Å². The summed E-state index contributed by atoms with van der Waals surface area (Å²) in [6, 6.07) is 8.26. The Labute approximate surface area is 197 Å². The van der Waals surface area contributed by atoms with Crippen molar-refractivity contribution in [1.29, 1.82) is 5.26 Å². The fourth-order valence-corrected chi connectivity index (χ4v) is 5.53. The molecule has 2 aliphatic heterocycles. The van der Waals surface area contributed by atoms with Crippen molar-refractivity contribution in [3.05, 3.63) is 65.7 Å². The molecule has 11 heteroatoms. The highest BCUT2D eigenvalue weighted by Gasteiger charge is 2.68. The fraction of sp³-hybridized carbons (Fsp3) is 0.333. The Morgan fingerprint density at radius 2 is 1.89 bits per heavy atom. The SMILES string of the molecule is N#CC1(c2ccc(-c3c(F)cc(N4C[C@H](Cn5ccnn5)OC4=O)cc3F)cc2F)C2CNCC21. The lowest BCUT2D eigenvalue weighted by molar-refractivity contribution is 0.129. The molecule has 3 fully saturated rings. The van der Waals surface area contributed by atoms with E-state index in [1.807, 2.05) is 0 Å². The third-order valence-electron chi connectivity index (χ3n) is 7.24. The molecule has 35 heavy (non-hydrogen) atoms. The van der Waals surface area contributed by atoms with Crippen LogP contribution in [0.25, 0.3) is 11.1 Å². The van der Waals surface area contributed by atoms with Crippen molar-refractivity contribution in [3.8, 4) is 17.2 Å². The average Bonchev–Trinajstić information content (AvgIpc) is 3.35. The van der Waals surface area contributed by atoms with Crippen LogP contribution in [-0.2, 0) is 16.7 Å². The van der Waals surface area contributed by atoms with Crippen molar-refractivity contribution < 1.29 is 22.7 Å². The second-order valence-corrected chi connectivity index (χ2v) is 9.07. The number of halogens is 3. The van der Waals surface area contributed by atoms with E-state index in [4.69, 9.17) is 4.74 Å². The Hall–Kier alpha value is -3.91. The number of hydrogen-bond acceptors (Lipinski definition) is 6. The van der Waals surface area contributed by atoms with Crippen molar-refractivity contribution in [1.82, 2.24) is 20.3 Å². The highest BCUT2D eigenvalue weighted by Crippen LogP contribution is 2.61. The molecule has 3 heterocycles. The Morgan fingerprint density at radius 3 is 2.51 bits per heavy atom. The fourth-order valence-electron chi connectivity index (χ4n) is 5.53. The van der Waals surface area contributed by atoms with Gasteiger partial charge in [-0.3, -0.25) is 4.90 Å². The zero-order valence-electron chi connectivity index (χ0n) is 18.3. The number of hydrogen-bond donors (Lipinski definition) is 1. The average molecular weight is 480 g/mol. The lowest BCUT2D eigenvalue weighted by atomic mass is 9.89. The molecule has 2 aromatic carbocycles. The largest absolute Gasteiger partial charge is 0.442 e. The number of piperidine rings is 1. The third-order valence-corrected chi connectivity index (χ3v) is 7.24. The Bertz CT molecular complexity index is 1340. The Kier molecular flexibility index (Phi) is 4.82. The van der Waals surface area contributed by atoms with Crippen LogP contribution in [0.3, 0.4) is 0 Å². The number of fused-ring (bicyclic) bond motifs is 1. The van der Waals surface area contributed by atoms with Crippen LogP contribution in [0, 0.1) is 40.6 Å². The number of nitrogens with zero attached hydrogens (tertiary/aromatic N) is 5. The van der Waals surface area contributed by atoms with Crippen LogP contribution in [0.15, 0.2) is 42.7 Å². The van der Waals surface area contributed by atoms with E-state index in [2.05, 4.69) is 21.7 Å². The van der Waals surface area contributed by atoms with Crippen LogP contribution in [0.4, 0.5) is 23.7 Å². The molecule has 1 aromatic heterocycles. The maximum Gasteiger partial charge on any atom is 0.414 e. The number of rotatable bonds is 5. The van der Waals surface area contributed by atoms with E-state index >= 15 is 13.2 Å². The van der Waals surface area contributed by atoms with E-state index in [9.17, 15) is 10.1 Å². The van der Waals surface area contributed by atoms with Crippen LogP contribution < -0.4 is 10.2 Å². The first kappa shape index (κ1) is 21.6. The zero-order chi connectivity index (χ0) is 24.3. The first-order valence-corrected chi connectivity index (χ1v) is 11.2. The number of anilines is 1. The van der Waals surface area contributed by atoms with Gasteiger partial charge < -0.3 is 10.1 Å². The van der Waals surface area contributed by atoms with Crippen LogP contribution in [0.1, 0.15) is 5.56 Å². The van der Waals surface area contributed by atoms with Gasteiger partial charge in [-0.2, -0.15) is 5.26 Å². The van der Waals surface area contributed by atoms with E-state index in [1.165, 1.54) is 23.0 Å². The second-order valence-electron chi connectivity index (χ2n) is 9.07. The Balaban J connectivity index is 1.26. The lowest BCUT2D eigenvalue weighted by Crippen LogP contribution is -2.26. The van der Waals surface area contributed by atoms with Crippen molar-refractivity contribution in [3.63, 3.8) is 0 Å². The summed E-state index contributed by atoms with van der Waals surface area (Å²) in [5.41, 5.74) is -1.04. The van der Waals surface area contributed by atoms with Gasteiger partial charge in [-0.15, -0.1) is 5.10 Å². The molecule has 6 rings (SSSR count). The minimum absolute atomic E-state index is 0.00586. The molecule has 1 saturated carbocycles. The summed E-state index contributed by atoms with van der Waals surface area (Å²) >= 11 is 0. The number of cyclic esters (lactones) is 1. The standard InChI is InChI=1S/C24H19F3N6O2/c25-19-5-13(1-2-16(19)24(12-28)17-8-29-9-18(17)24)22-20(26)6-14(7-21(22)27)33-11-15(35-23(33)34)10-32-4-3-30-31-32/h1-7,15,17-18,29H,8-11H2/t15-,17?,18?,24?/m0/s1. The van der Waals surface area contributed by atoms with Crippen molar-refractivity contribution >= 4 is 11.8 Å². The molecule has 1 aliphatic carbocycles. The molecule has 3 atom stereocenters. The zero-order valence-corrected chi connectivity index (χ0v) is 18.3. The van der Waals surface area contributed by atoms with Crippen LogP contribution >= 0.6 is 0 Å². The number of nitriles is 1. The summed E-state index contributed by atoms with van der Waals surface area (Å²) < 4.78 is 52.1. The normalized spacial score (nSPS) is 27.0. The molecule has 2 unspecified atom stereocenters. The van der Waals surface area contributed by atoms with Crippen molar-refractivity contribution in [2.75, 3.05) is 24.5 Å². The number of carbonyl (C=O) groups excluding carboxylic acids is 1. The van der Waals surface area contributed by atoms with E-state index in [1.54, 1.807) is 6.20 Å². The number of ether oxygens (including phenoxy) is 1. The summed E-state index contributed by atoms with van der Waals surface area (Å²) in [5.74, 6) is -2.48. The van der Waals surface area contributed by atoms with Gasteiger partial charge in [0, 0.05) is 36.7 Å². The van der Waals surface area contributed by atoms with Gasteiger partial charge >= 0.3 is 6.09 Å². The number of benzene rings is 2.